The van der Waals surface area contributed by atoms with E-state index in [0.717, 1.165) is 0 Å². The second-order valence-electron chi connectivity index (χ2n) is 3.79. The summed E-state index contributed by atoms with van der Waals surface area (Å²) in [5.74, 6) is -0.310. The molecule has 0 N–H and O–H groups in total. The summed E-state index contributed by atoms with van der Waals surface area (Å²) in [6.07, 6.45) is 2.54. The van der Waals surface area contributed by atoms with Gasteiger partial charge in [0.25, 0.3) is 0 Å². The summed E-state index contributed by atoms with van der Waals surface area (Å²) in [5, 5.41) is 0. The zero-order valence-electron chi connectivity index (χ0n) is 9.08. The lowest BCUT2D eigenvalue weighted by atomic mass is 10.0. The van der Waals surface area contributed by atoms with E-state index in [4.69, 9.17) is 0 Å². The highest BCUT2D eigenvalue weighted by atomic mass is 127. The monoisotopic (exact) mass is 409 g/mol. The molecule has 1 aliphatic heterocycles. The van der Waals surface area contributed by atoms with Gasteiger partial charge in [-0.25, -0.2) is 4.39 Å². The molecular weight excluding hydrogens is 400 g/mol. The van der Waals surface area contributed by atoms with E-state index in [-0.39, 0.29) is 15.6 Å². The Kier molecular flexibility index (Phi) is 3.87. The van der Waals surface area contributed by atoms with E-state index in [0.29, 0.717) is 22.2 Å². The summed E-state index contributed by atoms with van der Waals surface area (Å²) >= 11 is 5.43. The number of nitrogens with zero attached hydrogens (tertiary/aromatic N) is 1. The third kappa shape index (κ3) is 2.40. The molecule has 1 aliphatic rings. The van der Waals surface area contributed by atoms with Gasteiger partial charge in [-0.1, -0.05) is 34.7 Å². The second kappa shape index (κ2) is 5.06. The van der Waals surface area contributed by atoms with E-state index in [9.17, 15) is 9.18 Å². The van der Waals surface area contributed by atoms with Gasteiger partial charge in [-0.2, -0.15) is 0 Å². The van der Waals surface area contributed by atoms with Crippen LogP contribution in [0.2, 0.25) is 0 Å². The van der Waals surface area contributed by atoms with Gasteiger partial charge in [-0.3, -0.25) is 4.79 Å². The van der Waals surface area contributed by atoms with Crippen LogP contribution in [0.3, 0.4) is 0 Å². The van der Waals surface area contributed by atoms with Crippen LogP contribution in [0.1, 0.15) is 12.0 Å². The van der Waals surface area contributed by atoms with Crippen molar-refractivity contribution in [3.05, 3.63) is 40.1 Å². The number of halogens is 3. The topological polar surface area (TPSA) is 20.3 Å². The maximum Gasteiger partial charge on any atom is 0.240 e. The van der Waals surface area contributed by atoms with Crippen molar-refractivity contribution in [3.8, 4) is 0 Å². The SMILES string of the molecule is CN1C(=O)C(I)CC=C1c1c(F)cccc1Br. The first-order valence-electron chi connectivity index (χ1n) is 5.08. The number of benzene rings is 1. The Morgan fingerprint density at radius 3 is 2.88 bits per heavy atom. The van der Waals surface area contributed by atoms with Crippen LogP contribution in [0.5, 0.6) is 0 Å². The van der Waals surface area contributed by atoms with Crippen molar-refractivity contribution in [1.82, 2.24) is 4.90 Å². The highest BCUT2D eigenvalue weighted by molar-refractivity contribution is 14.1. The minimum Gasteiger partial charge on any atom is -0.314 e. The first kappa shape index (κ1) is 13.0. The van der Waals surface area contributed by atoms with Crippen LogP contribution in [0, 0.1) is 5.82 Å². The first-order chi connectivity index (χ1) is 8.02. The molecule has 5 heteroatoms. The van der Waals surface area contributed by atoms with Crippen molar-refractivity contribution in [1.29, 1.82) is 0 Å². The third-order valence-corrected chi connectivity index (χ3v) is 4.40. The fourth-order valence-corrected chi connectivity index (χ4v) is 3.01. The van der Waals surface area contributed by atoms with Gasteiger partial charge in [-0.05, 0) is 34.5 Å². The number of amides is 1. The van der Waals surface area contributed by atoms with Gasteiger partial charge in [0.05, 0.1) is 9.62 Å². The molecule has 2 rings (SSSR count). The summed E-state index contributed by atoms with van der Waals surface area (Å²) in [7, 11) is 1.68. The number of carbonyl (C=O) groups is 1. The number of allylic oxidation sites excluding steroid dienone is 1. The molecule has 1 aromatic carbocycles. The molecule has 0 saturated carbocycles. The molecule has 1 unspecified atom stereocenters. The molecule has 0 fully saturated rings. The standard InChI is InChI=1S/C12H10BrFINO/c1-16-10(6-5-9(15)12(16)17)11-7(13)3-2-4-8(11)14/h2-4,6,9H,5H2,1H3. The van der Waals surface area contributed by atoms with Crippen molar-refractivity contribution in [2.75, 3.05) is 7.05 Å². The van der Waals surface area contributed by atoms with Gasteiger partial charge in [0.1, 0.15) is 5.82 Å². The predicted octanol–water partition coefficient (Wildman–Crippen LogP) is 3.59. The number of alkyl halides is 1. The van der Waals surface area contributed by atoms with Crippen molar-refractivity contribution in [2.45, 2.75) is 10.3 Å². The van der Waals surface area contributed by atoms with Crippen LogP contribution in [0.25, 0.3) is 5.70 Å². The van der Waals surface area contributed by atoms with Crippen LogP contribution in [0.15, 0.2) is 28.7 Å². The molecule has 2 nitrogen and oxygen atoms in total. The van der Waals surface area contributed by atoms with E-state index < -0.39 is 0 Å². The van der Waals surface area contributed by atoms with Gasteiger partial charge in [0.2, 0.25) is 5.91 Å². The van der Waals surface area contributed by atoms with Gasteiger partial charge < -0.3 is 4.90 Å². The lowest BCUT2D eigenvalue weighted by molar-refractivity contribution is -0.126. The number of rotatable bonds is 1. The maximum atomic E-state index is 13.8. The van der Waals surface area contributed by atoms with Crippen LogP contribution in [-0.4, -0.2) is 21.8 Å². The van der Waals surface area contributed by atoms with Crippen molar-refractivity contribution in [3.63, 3.8) is 0 Å². The van der Waals surface area contributed by atoms with Crippen LogP contribution >= 0.6 is 38.5 Å². The van der Waals surface area contributed by atoms with Gasteiger partial charge in [0, 0.05) is 17.1 Å². The fourth-order valence-electron chi connectivity index (χ4n) is 1.79. The number of hydrogen-bond acceptors (Lipinski definition) is 1. The Morgan fingerprint density at radius 2 is 2.24 bits per heavy atom. The highest BCUT2D eigenvalue weighted by Crippen LogP contribution is 2.33. The molecule has 1 aromatic rings. The second-order valence-corrected chi connectivity index (χ2v) is 6.14. The number of hydrogen-bond donors (Lipinski definition) is 0. The van der Waals surface area contributed by atoms with Crippen LogP contribution in [0.4, 0.5) is 4.39 Å². The molecule has 17 heavy (non-hydrogen) atoms. The Bertz CT molecular complexity index is 483. The lowest BCUT2D eigenvalue weighted by Gasteiger charge is -2.28. The number of carbonyl (C=O) groups excluding carboxylic acids is 1. The molecule has 0 aliphatic carbocycles. The van der Waals surface area contributed by atoms with E-state index in [1.807, 2.05) is 6.08 Å². The van der Waals surface area contributed by atoms with Gasteiger partial charge >= 0.3 is 0 Å². The predicted molar refractivity (Wildman–Crippen MR) is 77.3 cm³/mol. The van der Waals surface area contributed by atoms with Gasteiger partial charge in [0.15, 0.2) is 0 Å². The van der Waals surface area contributed by atoms with E-state index >= 15 is 0 Å². The Balaban J connectivity index is 2.51. The van der Waals surface area contributed by atoms with Crippen molar-refractivity contribution >= 4 is 50.1 Å². The Labute approximate surface area is 121 Å². The zero-order valence-corrected chi connectivity index (χ0v) is 12.8. The molecule has 0 spiro atoms. The Hall–Kier alpha value is -0.430. The lowest BCUT2D eigenvalue weighted by Crippen LogP contribution is -2.35. The zero-order chi connectivity index (χ0) is 12.6. The fraction of sp³-hybridized carbons (Fsp3) is 0.250. The highest BCUT2D eigenvalue weighted by Gasteiger charge is 2.28. The quantitative estimate of drug-likeness (QED) is 0.512. The van der Waals surface area contributed by atoms with Crippen LogP contribution < -0.4 is 0 Å². The summed E-state index contributed by atoms with van der Waals surface area (Å²) in [4.78, 5) is 13.4. The molecular formula is C12H10BrFINO. The summed E-state index contributed by atoms with van der Waals surface area (Å²) in [6, 6.07) is 4.80. The van der Waals surface area contributed by atoms with E-state index in [1.165, 1.54) is 11.0 Å². The van der Waals surface area contributed by atoms with E-state index in [1.54, 1.807) is 19.2 Å². The molecule has 1 amide bonds. The summed E-state index contributed by atoms with van der Waals surface area (Å²) in [6.45, 7) is 0. The molecule has 0 bridgehead atoms. The maximum absolute atomic E-state index is 13.8. The summed E-state index contributed by atoms with van der Waals surface area (Å²) in [5.41, 5.74) is 1.08. The minimum absolute atomic E-state index is 0.0123. The molecule has 1 atom stereocenters. The van der Waals surface area contributed by atoms with Gasteiger partial charge in [-0.15, -0.1) is 0 Å². The average Bonchev–Trinajstić information content (AvgIpc) is 2.29. The van der Waals surface area contributed by atoms with Crippen molar-refractivity contribution < 1.29 is 9.18 Å². The smallest absolute Gasteiger partial charge is 0.240 e. The molecule has 0 saturated heterocycles. The van der Waals surface area contributed by atoms with Crippen LogP contribution in [-0.2, 0) is 4.79 Å². The third-order valence-electron chi connectivity index (χ3n) is 2.70. The Morgan fingerprint density at radius 1 is 1.53 bits per heavy atom. The molecule has 1 heterocycles. The van der Waals surface area contributed by atoms with Crippen molar-refractivity contribution in [2.24, 2.45) is 0 Å². The normalized spacial score (nSPS) is 20.5. The minimum atomic E-state index is -0.322. The average molecular weight is 410 g/mol. The largest absolute Gasteiger partial charge is 0.314 e. The molecule has 90 valence electrons. The van der Waals surface area contributed by atoms with E-state index in [2.05, 4.69) is 38.5 Å². The molecule has 0 radical (unpaired) electrons. The first-order valence-corrected chi connectivity index (χ1v) is 7.12. The molecule has 0 aromatic heterocycles. The summed E-state index contributed by atoms with van der Waals surface area (Å²) < 4.78 is 14.4.